The van der Waals surface area contributed by atoms with Gasteiger partial charge >= 0.3 is 0 Å². The van der Waals surface area contributed by atoms with Crippen molar-refractivity contribution in [1.82, 2.24) is 15.5 Å². The Morgan fingerprint density at radius 1 is 1.53 bits per heavy atom. The lowest BCUT2D eigenvalue weighted by Crippen LogP contribution is -2.43. The number of anilines is 1. The topological polar surface area (TPSA) is 79.0 Å². The van der Waals surface area contributed by atoms with Crippen LogP contribution in [0.3, 0.4) is 0 Å². The fraction of sp³-hybridized carbons (Fsp3) is 0.385. The van der Waals surface area contributed by atoms with Crippen LogP contribution in [0.4, 0.5) is 5.69 Å². The van der Waals surface area contributed by atoms with E-state index in [1.807, 2.05) is 18.2 Å². The highest BCUT2D eigenvalue weighted by atomic mass is 16.5. The summed E-state index contributed by atoms with van der Waals surface area (Å²) >= 11 is 0. The fourth-order valence-corrected chi connectivity index (χ4v) is 2.21. The molecule has 1 saturated heterocycles. The van der Waals surface area contributed by atoms with E-state index in [1.165, 1.54) is 0 Å². The second-order valence-electron chi connectivity index (χ2n) is 4.65. The number of ether oxygens (including phenoxy) is 1. The van der Waals surface area contributed by atoms with Crippen molar-refractivity contribution < 1.29 is 9.53 Å². The third kappa shape index (κ3) is 2.91. The number of hydrogen-bond acceptors (Lipinski definition) is 4. The van der Waals surface area contributed by atoms with Gasteiger partial charge in [0.2, 0.25) is 5.91 Å². The summed E-state index contributed by atoms with van der Waals surface area (Å²) in [7, 11) is 0. The van der Waals surface area contributed by atoms with Gasteiger partial charge in [0.15, 0.2) is 0 Å². The average Bonchev–Trinajstić information content (AvgIpc) is 2.87. The van der Waals surface area contributed by atoms with Crippen LogP contribution in [0.25, 0.3) is 10.9 Å². The van der Waals surface area contributed by atoms with Crippen molar-refractivity contribution in [3.63, 3.8) is 0 Å². The number of nitrogens with zero attached hydrogens (tertiary/aromatic N) is 1. The first kappa shape index (κ1) is 12.1. The molecule has 0 radical (unpaired) electrons. The molecule has 0 aliphatic carbocycles. The van der Waals surface area contributed by atoms with Crippen molar-refractivity contribution in [3.8, 4) is 0 Å². The van der Waals surface area contributed by atoms with Gasteiger partial charge in [-0.2, -0.15) is 5.10 Å². The Kier molecular flexibility index (Phi) is 3.43. The summed E-state index contributed by atoms with van der Waals surface area (Å²) in [5.74, 6) is -0.00848. The molecule has 6 nitrogen and oxygen atoms in total. The van der Waals surface area contributed by atoms with Crippen molar-refractivity contribution in [1.29, 1.82) is 0 Å². The van der Waals surface area contributed by atoms with E-state index in [0.29, 0.717) is 13.0 Å². The normalized spacial score (nSPS) is 19.5. The molecule has 2 heterocycles. The van der Waals surface area contributed by atoms with Crippen molar-refractivity contribution >= 4 is 22.5 Å². The van der Waals surface area contributed by atoms with Crippen LogP contribution in [0.5, 0.6) is 0 Å². The number of benzene rings is 1. The molecule has 1 fully saturated rings. The zero-order chi connectivity index (χ0) is 13.1. The number of hydrogen-bond donors (Lipinski definition) is 3. The SMILES string of the molecule is O=C(CC1COCCN1)Nc1ccc2[nH]ncc2c1. The highest BCUT2D eigenvalue weighted by molar-refractivity contribution is 5.93. The summed E-state index contributed by atoms with van der Waals surface area (Å²) in [6.07, 6.45) is 2.16. The van der Waals surface area contributed by atoms with Gasteiger partial charge in [-0.1, -0.05) is 0 Å². The maximum absolute atomic E-state index is 11.9. The van der Waals surface area contributed by atoms with Gasteiger partial charge in [-0.25, -0.2) is 0 Å². The van der Waals surface area contributed by atoms with Gasteiger partial charge in [-0.05, 0) is 18.2 Å². The molecular formula is C13H16N4O2. The van der Waals surface area contributed by atoms with Crippen LogP contribution >= 0.6 is 0 Å². The zero-order valence-electron chi connectivity index (χ0n) is 10.5. The van der Waals surface area contributed by atoms with Crippen LogP contribution in [-0.4, -0.2) is 41.9 Å². The number of fused-ring (bicyclic) bond motifs is 1. The standard InChI is InChI=1S/C13H16N4O2/c18-13(6-11-8-19-4-3-14-11)16-10-1-2-12-9(5-10)7-15-17-12/h1-2,5,7,11,14H,3-4,6,8H2,(H,15,17)(H,16,18). The van der Waals surface area contributed by atoms with E-state index in [9.17, 15) is 4.79 Å². The van der Waals surface area contributed by atoms with E-state index in [4.69, 9.17) is 4.74 Å². The Morgan fingerprint density at radius 2 is 2.47 bits per heavy atom. The van der Waals surface area contributed by atoms with Gasteiger partial charge in [-0.15, -0.1) is 0 Å². The van der Waals surface area contributed by atoms with Gasteiger partial charge in [-0.3, -0.25) is 9.89 Å². The van der Waals surface area contributed by atoms with Crippen molar-refractivity contribution in [2.75, 3.05) is 25.1 Å². The second kappa shape index (κ2) is 5.38. The molecule has 19 heavy (non-hydrogen) atoms. The second-order valence-corrected chi connectivity index (χ2v) is 4.65. The molecule has 1 aliphatic rings. The number of amides is 1. The maximum Gasteiger partial charge on any atom is 0.226 e. The first-order valence-corrected chi connectivity index (χ1v) is 6.35. The van der Waals surface area contributed by atoms with Crippen LogP contribution in [-0.2, 0) is 9.53 Å². The van der Waals surface area contributed by atoms with Crippen LogP contribution in [0.15, 0.2) is 24.4 Å². The van der Waals surface area contributed by atoms with Gasteiger partial charge in [0, 0.05) is 30.1 Å². The minimum Gasteiger partial charge on any atom is -0.378 e. The largest absolute Gasteiger partial charge is 0.378 e. The van der Waals surface area contributed by atoms with E-state index in [-0.39, 0.29) is 11.9 Å². The molecule has 1 aromatic heterocycles. The Morgan fingerprint density at radius 3 is 3.32 bits per heavy atom. The molecule has 2 aromatic rings. The predicted molar refractivity (Wildman–Crippen MR) is 72.0 cm³/mol. The Labute approximate surface area is 110 Å². The molecule has 0 spiro atoms. The van der Waals surface area contributed by atoms with Gasteiger partial charge in [0.25, 0.3) is 0 Å². The number of aromatic amines is 1. The number of rotatable bonds is 3. The molecule has 0 bridgehead atoms. The summed E-state index contributed by atoms with van der Waals surface area (Å²) in [6, 6.07) is 5.77. The van der Waals surface area contributed by atoms with Crippen LogP contribution in [0.2, 0.25) is 0 Å². The zero-order valence-corrected chi connectivity index (χ0v) is 10.5. The highest BCUT2D eigenvalue weighted by Gasteiger charge is 2.16. The van der Waals surface area contributed by atoms with E-state index in [0.717, 1.165) is 29.7 Å². The maximum atomic E-state index is 11.9. The average molecular weight is 260 g/mol. The number of carbonyl (C=O) groups excluding carboxylic acids is 1. The van der Waals surface area contributed by atoms with Crippen molar-refractivity contribution in [2.45, 2.75) is 12.5 Å². The molecule has 1 unspecified atom stereocenters. The monoisotopic (exact) mass is 260 g/mol. The molecule has 6 heteroatoms. The highest BCUT2D eigenvalue weighted by Crippen LogP contribution is 2.17. The molecule has 1 aliphatic heterocycles. The minimum absolute atomic E-state index is 0.00848. The molecule has 100 valence electrons. The third-order valence-electron chi connectivity index (χ3n) is 3.15. The summed E-state index contributed by atoms with van der Waals surface area (Å²) in [5.41, 5.74) is 1.75. The van der Waals surface area contributed by atoms with Crippen molar-refractivity contribution in [3.05, 3.63) is 24.4 Å². The number of aromatic nitrogens is 2. The summed E-state index contributed by atoms with van der Waals surface area (Å²) < 4.78 is 5.33. The quantitative estimate of drug-likeness (QED) is 0.765. The first-order chi connectivity index (χ1) is 9.31. The Balaban J connectivity index is 1.61. The van der Waals surface area contributed by atoms with Gasteiger partial charge in [0.05, 0.1) is 24.9 Å². The van der Waals surface area contributed by atoms with Crippen molar-refractivity contribution in [2.24, 2.45) is 0 Å². The summed E-state index contributed by atoms with van der Waals surface area (Å²) in [4.78, 5) is 11.9. The van der Waals surface area contributed by atoms with Crippen LogP contribution in [0.1, 0.15) is 6.42 Å². The summed E-state index contributed by atoms with van der Waals surface area (Å²) in [5, 5.41) is 14.0. The van der Waals surface area contributed by atoms with Gasteiger partial charge in [0.1, 0.15) is 0 Å². The molecule has 3 N–H and O–H groups in total. The van der Waals surface area contributed by atoms with E-state index < -0.39 is 0 Å². The number of H-pyrrole nitrogens is 1. The number of carbonyl (C=O) groups is 1. The van der Waals surface area contributed by atoms with Gasteiger partial charge < -0.3 is 15.4 Å². The number of nitrogens with one attached hydrogen (secondary N) is 3. The Hall–Kier alpha value is -1.92. The minimum atomic E-state index is -0.00848. The van der Waals surface area contributed by atoms with E-state index >= 15 is 0 Å². The Bertz CT molecular complexity index is 575. The lowest BCUT2D eigenvalue weighted by atomic mass is 10.2. The molecule has 0 saturated carbocycles. The third-order valence-corrected chi connectivity index (χ3v) is 3.15. The molecular weight excluding hydrogens is 244 g/mol. The fourth-order valence-electron chi connectivity index (χ4n) is 2.21. The summed E-state index contributed by atoms with van der Waals surface area (Å²) in [6.45, 7) is 2.11. The van der Waals surface area contributed by atoms with E-state index in [1.54, 1.807) is 6.20 Å². The smallest absolute Gasteiger partial charge is 0.226 e. The van der Waals surface area contributed by atoms with E-state index in [2.05, 4.69) is 20.8 Å². The first-order valence-electron chi connectivity index (χ1n) is 6.35. The molecule has 1 aromatic carbocycles. The lowest BCUT2D eigenvalue weighted by Gasteiger charge is -2.23. The lowest BCUT2D eigenvalue weighted by molar-refractivity contribution is -0.117. The molecule has 3 rings (SSSR count). The predicted octanol–water partition coefficient (Wildman–Crippen LogP) is 0.880. The molecule has 1 amide bonds. The van der Waals surface area contributed by atoms with Crippen LogP contribution < -0.4 is 10.6 Å². The van der Waals surface area contributed by atoms with Crippen LogP contribution in [0, 0.1) is 0 Å². The molecule has 1 atom stereocenters. The number of morpholine rings is 1.